The van der Waals surface area contributed by atoms with Crippen LogP contribution in [0.1, 0.15) is 56.5 Å². The summed E-state index contributed by atoms with van der Waals surface area (Å²) < 4.78 is 5.11. The highest BCUT2D eigenvalue weighted by Crippen LogP contribution is 2.34. The number of benzene rings is 1. The molecule has 114 valence electrons. The van der Waals surface area contributed by atoms with Gasteiger partial charge in [0.05, 0.1) is 6.61 Å². The van der Waals surface area contributed by atoms with E-state index in [1.54, 1.807) is 7.11 Å². The molecule has 1 aromatic carbocycles. The van der Waals surface area contributed by atoms with E-state index in [1.165, 1.54) is 24.0 Å². The standard InChI is InChI=1S/C18H29BrO/c1-14(13-18(2,3)4)12-17(19)16-8-6-15(7-9-16)10-11-20-5/h6-9,14,17H,10-13H2,1-5H3. The molecule has 0 aromatic heterocycles. The van der Waals surface area contributed by atoms with Gasteiger partial charge in [0.25, 0.3) is 0 Å². The van der Waals surface area contributed by atoms with Crippen LogP contribution in [-0.4, -0.2) is 13.7 Å². The first-order chi connectivity index (χ1) is 9.31. The molecule has 0 amide bonds. The summed E-state index contributed by atoms with van der Waals surface area (Å²) in [4.78, 5) is 0.455. The van der Waals surface area contributed by atoms with Crippen molar-refractivity contribution in [1.82, 2.24) is 0 Å². The molecule has 1 rings (SSSR count). The van der Waals surface area contributed by atoms with Crippen molar-refractivity contribution in [2.45, 2.75) is 51.8 Å². The zero-order valence-electron chi connectivity index (χ0n) is 13.6. The van der Waals surface area contributed by atoms with Gasteiger partial charge in [-0.15, -0.1) is 0 Å². The molecular formula is C18H29BrO. The minimum Gasteiger partial charge on any atom is -0.384 e. The van der Waals surface area contributed by atoms with Crippen LogP contribution >= 0.6 is 15.9 Å². The molecule has 2 atom stereocenters. The molecule has 0 saturated heterocycles. The van der Waals surface area contributed by atoms with Gasteiger partial charge in [0.15, 0.2) is 0 Å². The smallest absolute Gasteiger partial charge is 0.0502 e. The molecule has 0 heterocycles. The van der Waals surface area contributed by atoms with Gasteiger partial charge < -0.3 is 4.74 Å². The van der Waals surface area contributed by atoms with Gasteiger partial charge in [-0.2, -0.15) is 0 Å². The van der Waals surface area contributed by atoms with E-state index >= 15 is 0 Å². The quantitative estimate of drug-likeness (QED) is 0.572. The van der Waals surface area contributed by atoms with Gasteiger partial charge in [-0.3, -0.25) is 0 Å². The van der Waals surface area contributed by atoms with Crippen molar-refractivity contribution in [2.24, 2.45) is 11.3 Å². The van der Waals surface area contributed by atoms with E-state index in [9.17, 15) is 0 Å². The minimum atomic E-state index is 0.413. The molecule has 0 aliphatic rings. The van der Waals surface area contributed by atoms with Gasteiger partial charge in [-0.1, -0.05) is 67.9 Å². The number of halogens is 1. The Morgan fingerprint density at radius 2 is 1.75 bits per heavy atom. The SMILES string of the molecule is COCCc1ccc(C(Br)CC(C)CC(C)(C)C)cc1. The first kappa shape index (κ1) is 17.7. The second-order valence-electron chi connectivity index (χ2n) is 7.06. The Kier molecular flexibility index (Phi) is 7.25. The summed E-state index contributed by atoms with van der Waals surface area (Å²) in [6.45, 7) is 10.1. The minimum absolute atomic E-state index is 0.413. The topological polar surface area (TPSA) is 9.23 Å². The van der Waals surface area contributed by atoms with Crippen LogP contribution in [0.4, 0.5) is 0 Å². The van der Waals surface area contributed by atoms with Gasteiger partial charge in [-0.05, 0) is 41.7 Å². The number of rotatable bonds is 7. The van der Waals surface area contributed by atoms with Gasteiger partial charge in [0.2, 0.25) is 0 Å². The van der Waals surface area contributed by atoms with E-state index in [4.69, 9.17) is 4.74 Å². The molecule has 0 aliphatic heterocycles. The summed E-state index contributed by atoms with van der Waals surface area (Å²) in [7, 11) is 1.75. The summed E-state index contributed by atoms with van der Waals surface area (Å²) in [6.07, 6.45) is 3.44. The molecular weight excluding hydrogens is 312 g/mol. The summed E-state index contributed by atoms with van der Waals surface area (Å²) in [5, 5.41) is 0. The lowest BCUT2D eigenvalue weighted by Crippen LogP contribution is -2.12. The molecule has 0 bridgehead atoms. The monoisotopic (exact) mass is 340 g/mol. The lowest BCUT2D eigenvalue weighted by Gasteiger charge is -2.25. The van der Waals surface area contributed by atoms with Crippen molar-refractivity contribution in [3.8, 4) is 0 Å². The molecule has 1 aromatic rings. The van der Waals surface area contributed by atoms with Gasteiger partial charge in [0, 0.05) is 11.9 Å². The average Bonchev–Trinajstić information content (AvgIpc) is 2.34. The first-order valence-electron chi connectivity index (χ1n) is 7.53. The van der Waals surface area contributed by atoms with E-state index in [0.717, 1.165) is 18.9 Å². The van der Waals surface area contributed by atoms with E-state index in [0.29, 0.717) is 10.2 Å². The number of alkyl halides is 1. The van der Waals surface area contributed by atoms with Gasteiger partial charge in [-0.25, -0.2) is 0 Å². The Labute approximate surface area is 133 Å². The Balaban J connectivity index is 2.52. The van der Waals surface area contributed by atoms with Crippen molar-refractivity contribution in [3.05, 3.63) is 35.4 Å². The fourth-order valence-corrected chi connectivity index (χ4v) is 3.67. The van der Waals surface area contributed by atoms with E-state index in [2.05, 4.69) is 67.9 Å². The molecule has 0 fully saturated rings. The summed E-state index contributed by atoms with van der Waals surface area (Å²) in [5.41, 5.74) is 3.14. The molecule has 0 N–H and O–H groups in total. The third-order valence-electron chi connectivity index (χ3n) is 3.51. The van der Waals surface area contributed by atoms with E-state index in [1.807, 2.05) is 0 Å². The van der Waals surface area contributed by atoms with Crippen LogP contribution in [0.25, 0.3) is 0 Å². The van der Waals surface area contributed by atoms with Gasteiger partial charge >= 0.3 is 0 Å². The third kappa shape index (κ3) is 6.90. The first-order valence-corrected chi connectivity index (χ1v) is 8.45. The lowest BCUT2D eigenvalue weighted by molar-refractivity contribution is 0.202. The number of ether oxygens (including phenoxy) is 1. The average molecular weight is 341 g/mol. The maximum atomic E-state index is 5.11. The predicted molar refractivity (Wildman–Crippen MR) is 91.5 cm³/mol. The Morgan fingerprint density at radius 3 is 2.25 bits per heavy atom. The Hall–Kier alpha value is -0.340. The van der Waals surface area contributed by atoms with Crippen LogP contribution in [0.5, 0.6) is 0 Å². The highest BCUT2D eigenvalue weighted by atomic mass is 79.9. The number of hydrogen-bond acceptors (Lipinski definition) is 1. The van der Waals surface area contributed by atoms with Crippen LogP contribution in [0.2, 0.25) is 0 Å². The van der Waals surface area contributed by atoms with Crippen LogP contribution in [0.15, 0.2) is 24.3 Å². The van der Waals surface area contributed by atoms with E-state index < -0.39 is 0 Å². The van der Waals surface area contributed by atoms with Crippen molar-refractivity contribution < 1.29 is 4.74 Å². The van der Waals surface area contributed by atoms with Crippen LogP contribution in [0, 0.1) is 11.3 Å². The molecule has 20 heavy (non-hydrogen) atoms. The van der Waals surface area contributed by atoms with Crippen molar-refractivity contribution in [3.63, 3.8) is 0 Å². The van der Waals surface area contributed by atoms with Gasteiger partial charge in [0.1, 0.15) is 0 Å². The molecule has 0 saturated carbocycles. The molecule has 1 nitrogen and oxygen atoms in total. The lowest BCUT2D eigenvalue weighted by atomic mass is 9.83. The number of hydrogen-bond donors (Lipinski definition) is 0. The molecule has 2 heteroatoms. The third-order valence-corrected chi connectivity index (χ3v) is 4.41. The molecule has 0 aliphatic carbocycles. The molecule has 2 unspecified atom stereocenters. The fraction of sp³-hybridized carbons (Fsp3) is 0.667. The van der Waals surface area contributed by atoms with Crippen molar-refractivity contribution >= 4 is 15.9 Å². The zero-order valence-corrected chi connectivity index (χ0v) is 15.2. The Bertz CT molecular complexity index is 377. The zero-order chi connectivity index (χ0) is 15.2. The van der Waals surface area contributed by atoms with Crippen LogP contribution < -0.4 is 0 Å². The number of methoxy groups -OCH3 is 1. The molecule has 0 spiro atoms. The second kappa shape index (κ2) is 8.19. The van der Waals surface area contributed by atoms with Crippen molar-refractivity contribution in [1.29, 1.82) is 0 Å². The molecule has 0 radical (unpaired) electrons. The maximum Gasteiger partial charge on any atom is 0.0502 e. The highest BCUT2D eigenvalue weighted by Gasteiger charge is 2.18. The Morgan fingerprint density at radius 1 is 1.15 bits per heavy atom. The summed E-state index contributed by atoms with van der Waals surface area (Å²) in [6, 6.07) is 8.93. The predicted octanol–water partition coefficient (Wildman–Crippen LogP) is 5.77. The highest BCUT2D eigenvalue weighted by molar-refractivity contribution is 9.09. The van der Waals surface area contributed by atoms with Crippen molar-refractivity contribution in [2.75, 3.05) is 13.7 Å². The summed E-state index contributed by atoms with van der Waals surface area (Å²) in [5.74, 6) is 0.729. The second-order valence-corrected chi connectivity index (χ2v) is 8.16. The van der Waals surface area contributed by atoms with Crippen LogP contribution in [0.3, 0.4) is 0 Å². The summed E-state index contributed by atoms with van der Waals surface area (Å²) >= 11 is 3.85. The normalized spacial score (nSPS) is 15.1. The fourth-order valence-electron chi connectivity index (χ4n) is 2.73. The van der Waals surface area contributed by atoms with Crippen LogP contribution in [-0.2, 0) is 11.2 Å². The van der Waals surface area contributed by atoms with E-state index in [-0.39, 0.29) is 0 Å². The maximum absolute atomic E-state index is 5.11. The largest absolute Gasteiger partial charge is 0.384 e.